The predicted octanol–water partition coefficient (Wildman–Crippen LogP) is 2.62. The third-order valence-corrected chi connectivity index (χ3v) is 5.11. The molecule has 2 aliphatic rings. The summed E-state index contributed by atoms with van der Waals surface area (Å²) >= 11 is 0. The first-order chi connectivity index (χ1) is 7.59. The predicted molar refractivity (Wildman–Crippen MR) is 69.4 cm³/mol. The molecule has 2 nitrogen and oxygen atoms in total. The molecule has 0 radical (unpaired) electrons. The summed E-state index contributed by atoms with van der Waals surface area (Å²) in [6.07, 6.45) is 8.23. The number of nitrogens with two attached hydrogens (primary N) is 1. The Kier molecular flexibility index (Phi) is 3.60. The zero-order valence-electron chi connectivity index (χ0n) is 11.2. The molecule has 2 saturated carbocycles. The Balaban J connectivity index is 2.06. The zero-order chi connectivity index (χ0) is 11.8. The Bertz CT molecular complexity index is 237. The van der Waals surface area contributed by atoms with Crippen LogP contribution in [0, 0.1) is 11.8 Å². The van der Waals surface area contributed by atoms with Crippen molar-refractivity contribution in [2.75, 3.05) is 13.6 Å². The van der Waals surface area contributed by atoms with Crippen molar-refractivity contribution < 1.29 is 0 Å². The second-order valence-electron chi connectivity index (χ2n) is 6.32. The molecule has 0 saturated heterocycles. The van der Waals surface area contributed by atoms with Crippen molar-refractivity contribution >= 4 is 0 Å². The highest BCUT2D eigenvalue weighted by atomic mass is 15.2. The van der Waals surface area contributed by atoms with Crippen molar-refractivity contribution in [2.24, 2.45) is 17.6 Å². The third kappa shape index (κ3) is 2.28. The highest BCUT2D eigenvalue weighted by Gasteiger charge is 2.42. The lowest BCUT2D eigenvalue weighted by atomic mass is 9.74. The van der Waals surface area contributed by atoms with Gasteiger partial charge in [-0.1, -0.05) is 19.8 Å². The average molecular weight is 224 g/mol. The Morgan fingerprint density at radius 2 is 2.06 bits per heavy atom. The summed E-state index contributed by atoms with van der Waals surface area (Å²) in [6.45, 7) is 5.62. The molecule has 0 aromatic rings. The lowest BCUT2D eigenvalue weighted by molar-refractivity contribution is 0.0256. The van der Waals surface area contributed by atoms with Gasteiger partial charge in [-0.15, -0.1) is 0 Å². The monoisotopic (exact) mass is 224 g/mol. The van der Waals surface area contributed by atoms with Gasteiger partial charge in [-0.05, 0) is 51.5 Å². The molecule has 0 aromatic carbocycles. The number of rotatable bonds is 4. The van der Waals surface area contributed by atoms with Crippen LogP contribution in [0.2, 0.25) is 0 Å². The molecule has 0 aliphatic heterocycles. The number of hydrogen-bond acceptors (Lipinski definition) is 2. The van der Waals surface area contributed by atoms with Crippen LogP contribution >= 0.6 is 0 Å². The molecule has 2 N–H and O–H groups in total. The van der Waals surface area contributed by atoms with Crippen LogP contribution in [-0.4, -0.2) is 30.1 Å². The van der Waals surface area contributed by atoms with Crippen molar-refractivity contribution in [3.05, 3.63) is 0 Å². The fraction of sp³-hybridized carbons (Fsp3) is 1.00. The van der Waals surface area contributed by atoms with Gasteiger partial charge in [-0.25, -0.2) is 0 Å². The third-order valence-electron chi connectivity index (χ3n) is 5.11. The van der Waals surface area contributed by atoms with Crippen LogP contribution in [0.3, 0.4) is 0 Å². The van der Waals surface area contributed by atoms with E-state index >= 15 is 0 Å². The fourth-order valence-electron chi connectivity index (χ4n) is 3.61. The molecule has 94 valence electrons. The first-order valence-electron chi connectivity index (χ1n) is 7.02. The van der Waals surface area contributed by atoms with E-state index in [-0.39, 0.29) is 0 Å². The van der Waals surface area contributed by atoms with Crippen LogP contribution in [0.1, 0.15) is 52.4 Å². The maximum absolute atomic E-state index is 6.12. The topological polar surface area (TPSA) is 29.3 Å². The fourth-order valence-corrected chi connectivity index (χ4v) is 3.61. The van der Waals surface area contributed by atoms with Gasteiger partial charge in [0.2, 0.25) is 0 Å². The number of nitrogens with zero attached hydrogens (tertiary/aromatic N) is 1. The van der Waals surface area contributed by atoms with Crippen molar-refractivity contribution in [1.29, 1.82) is 0 Å². The number of likely N-dealkylation sites (N-methyl/N-ethyl adjacent to an activating group) is 1. The van der Waals surface area contributed by atoms with E-state index in [9.17, 15) is 0 Å². The van der Waals surface area contributed by atoms with E-state index in [1.165, 1.54) is 38.5 Å². The van der Waals surface area contributed by atoms with E-state index in [0.29, 0.717) is 5.54 Å². The molecule has 2 rings (SSSR count). The van der Waals surface area contributed by atoms with Crippen molar-refractivity contribution in [3.63, 3.8) is 0 Å². The largest absolute Gasteiger partial charge is 0.329 e. The SMILES string of the molecule is CC1CCCC(CN)(N(C)C(C)C2CC2)C1. The summed E-state index contributed by atoms with van der Waals surface area (Å²) in [5, 5.41) is 0. The van der Waals surface area contributed by atoms with Gasteiger partial charge in [0.05, 0.1) is 0 Å². The summed E-state index contributed by atoms with van der Waals surface area (Å²) in [4.78, 5) is 2.63. The Hall–Kier alpha value is -0.0800. The van der Waals surface area contributed by atoms with E-state index in [0.717, 1.165) is 24.4 Å². The van der Waals surface area contributed by atoms with E-state index < -0.39 is 0 Å². The maximum Gasteiger partial charge on any atom is 0.0334 e. The van der Waals surface area contributed by atoms with Crippen LogP contribution in [-0.2, 0) is 0 Å². The normalized spacial score (nSPS) is 37.7. The van der Waals surface area contributed by atoms with Crippen molar-refractivity contribution in [2.45, 2.75) is 64.0 Å². The maximum atomic E-state index is 6.12. The molecule has 2 aliphatic carbocycles. The van der Waals surface area contributed by atoms with Gasteiger partial charge in [0.15, 0.2) is 0 Å². The van der Waals surface area contributed by atoms with Gasteiger partial charge in [0.25, 0.3) is 0 Å². The lowest BCUT2D eigenvalue weighted by Gasteiger charge is -2.49. The van der Waals surface area contributed by atoms with E-state index in [4.69, 9.17) is 5.73 Å². The van der Waals surface area contributed by atoms with Gasteiger partial charge < -0.3 is 5.73 Å². The first kappa shape index (κ1) is 12.4. The van der Waals surface area contributed by atoms with Gasteiger partial charge in [0, 0.05) is 18.1 Å². The molecular formula is C14H28N2. The molecular weight excluding hydrogens is 196 g/mol. The molecule has 0 heterocycles. The quantitative estimate of drug-likeness (QED) is 0.795. The zero-order valence-corrected chi connectivity index (χ0v) is 11.2. The second-order valence-corrected chi connectivity index (χ2v) is 6.32. The Morgan fingerprint density at radius 1 is 1.38 bits per heavy atom. The standard InChI is InChI=1S/C14H28N2/c1-11-5-4-8-14(9-11,10-15)16(3)12(2)13-6-7-13/h11-13H,4-10,15H2,1-3H3. The second kappa shape index (κ2) is 4.66. The van der Waals surface area contributed by atoms with Gasteiger partial charge in [0.1, 0.15) is 0 Å². The summed E-state index contributed by atoms with van der Waals surface area (Å²) in [5.41, 5.74) is 6.42. The molecule has 3 unspecified atom stereocenters. The highest BCUT2D eigenvalue weighted by Crippen LogP contribution is 2.41. The van der Waals surface area contributed by atoms with E-state index in [1.807, 2.05) is 0 Å². The minimum atomic E-state index is 0.305. The summed E-state index contributed by atoms with van der Waals surface area (Å²) in [5.74, 6) is 1.80. The molecule has 0 amide bonds. The molecule has 16 heavy (non-hydrogen) atoms. The summed E-state index contributed by atoms with van der Waals surface area (Å²) in [7, 11) is 2.31. The molecule has 2 heteroatoms. The molecule has 0 spiro atoms. The minimum Gasteiger partial charge on any atom is -0.329 e. The van der Waals surface area contributed by atoms with Crippen LogP contribution in [0.15, 0.2) is 0 Å². The molecule has 3 atom stereocenters. The Labute approximate surface area is 101 Å². The smallest absolute Gasteiger partial charge is 0.0334 e. The van der Waals surface area contributed by atoms with Crippen LogP contribution in [0.5, 0.6) is 0 Å². The van der Waals surface area contributed by atoms with Gasteiger partial charge >= 0.3 is 0 Å². The van der Waals surface area contributed by atoms with Crippen LogP contribution < -0.4 is 5.73 Å². The highest BCUT2D eigenvalue weighted by molar-refractivity contribution is 4.99. The van der Waals surface area contributed by atoms with Crippen LogP contribution in [0.25, 0.3) is 0 Å². The summed E-state index contributed by atoms with van der Waals surface area (Å²) < 4.78 is 0. The molecule has 0 bridgehead atoms. The lowest BCUT2D eigenvalue weighted by Crippen LogP contribution is -2.57. The van der Waals surface area contributed by atoms with E-state index in [1.54, 1.807) is 0 Å². The molecule has 0 aromatic heterocycles. The van der Waals surface area contributed by atoms with Crippen LogP contribution in [0.4, 0.5) is 0 Å². The van der Waals surface area contributed by atoms with Gasteiger partial charge in [-0.3, -0.25) is 4.90 Å². The number of hydrogen-bond donors (Lipinski definition) is 1. The summed E-state index contributed by atoms with van der Waals surface area (Å²) in [6, 6.07) is 0.730. The Morgan fingerprint density at radius 3 is 2.56 bits per heavy atom. The average Bonchev–Trinajstić information content (AvgIpc) is 3.10. The first-order valence-corrected chi connectivity index (χ1v) is 7.02. The van der Waals surface area contributed by atoms with Gasteiger partial charge in [-0.2, -0.15) is 0 Å². The van der Waals surface area contributed by atoms with Crippen molar-refractivity contribution in [3.8, 4) is 0 Å². The van der Waals surface area contributed by atoms with Crippen molar-refractivity contribution in [1.82, 2.24) is 4.90 Å². The molecule has 2 fully saturated rings. The van der Waals surface area contributed by atoms with E-state index in [2.05, 4.69) is 25.8 Å². The minimum absolute atomic E-state index is 0.305.